The summed E-state index contributed by atoms with van der Waals surface area (Å²) in [5.41, 5.74) is 6.15. The number of allylic oxidation sites excluding steroid dienone is 4. The lowest BCUT2D eigenvalue weighted by atomic mass is 9.91. The highest BCUT2D eigenvalue weighted by Gasteiger charge is 2.31. The Hall–Kier alpha value is -2.16. The van der Waals surface area contributed by atoms with Crippen LogP contribution in [0.15, 0.2) is 53.5 Å². The van der Waals surface area contributed by atoms with Crippen LogP contribution in [0.25, 0.3) is 0 Å². The first-order chi connectivity index (χ1) is 13.7. The zero-order chi connectivity index (χ0) is 21.4. The molecule has 0 aliphatic heterocycles. The third-order valence-electron chi connectivity index (χ3n) is 4.85. The van der Waals surface area contributed by atoms with Gasteiger partial charge in [-0.05, 0) is 48.9 Å². The van der Waals surface area contributed by atoms with E-state index in [-0.39, 0.29) is 29.8 Å². The summed E-state index contributed by atoms with van der Waals surface area (Å²) in [6.07, 6.45) is 8.82. The van der Waals surface area contributed by atoms with Crippen LogP contribution in [0.4, 0.5) is 5.69 Å². The average Bonchev–Trinajstić information content (AvgIpc) is 2.68. The minimum Gasteiger partial charge on any atom is -0.399 e. The summed E-state index contributed by atoms with van der Waals surface area (Å²) in [7, 11) is -3.81. The first kappa shape index (κ1) is 23.1. The van der Waals surface area contributed by atoms with Gasteiger partial charge in [0.2, 0.25) is 16.4 Å². The Morgan fingerprint density at radius 2 is 1.93 bits per heavy atom. The number of benzene rings is 1. The van der Waals surface area contributed by atoms with Crippen LogP contribution in [0.5, 0.6) is 0 Å². The highest BCUT2D eigenvalue weighted by molar-refractivity contribution is 7.89. The lowest BCUT2D eigenvalue weighted by molar-refractivity contribution is -0.111. The number of aliphatic hydroxyl groups excluding tert-OH is 1. The first-order valence-electron chi connectivity index (χ1n) is 9.80. The average molecular weight is 422 g/mol. The lowest BCUT2D eigenvalue weighted by Gasteiger charge is -2.31. The number of nitrogens with zero attached hydrogens (tertiary/aromatic N) is 1. The standard InChI is InChI=1S/C21H31N3O4S/c1-16(2)13-24(29(27,28)19-10-8-18(22)9-11-19)14-21(26)20(23-15-25)12-17-6-4-3-5-7-17/h3-6,8-11,15-17,20-21,26H,7,12-14,22H2,1-2H3,(H,23,25)/t17?,20-,21+/m0/s1. The topological polar surface area (TPSA) is 113 Å². The number of hydrogen-bond donors (Lipinski definition) is 3. The van der Waals surface area contributed by atoms with E-state index in [1.807, 2.05) is 38.2 Å². The Morgan fingerprint density at radius 3 is 2.48 bits per heavy atom. The van der Waals surface area contributed by atoms with Crippen LogP contribution >= 0.6 is 0 Å². The van der Waals surface area contributed by atoms with Crippen LogP contribution < -0.4 is 11.1 Å². The number of rotatable bonds is 11. The fraction of sp³-hybridized carbons (Fsp3) is 0.476. The number of nitrogens with one attached hydrogen (secondary N) is 1. The normalized spacial score (nSPS) is 18.7. The van der Waals surface area contributed by atoms with Crippen molar-refractivity contribution >= 4 is 22.1 Å². The van der Waals surface area contributed by atoms with Crippen molar-refractivity contribution in [2.45, 2.75) is 43.7 Å². The molecule has 1 aliphatic rings. The molecule has 0 saturated carbocycles. The van der Waals surface area contributed by atoms with Crippen LogP contribution in [-0.4, -0.2) is 49.5 Å². The van der Waals surface area contributed by atoms with Crippen molar-refractivity contribution in [3.63, 3.8) is 0 Å². The number of sulfonamides is 1. The fourth-order valence-corrected chi connectivity index (χ4v) is 4.98. The van der Waals surface area contributed by atoms with Gasteiger partial charge >= 0.3 is 0 Å². The van der Waals surface area contributed by atoms with E-state index in [1.54, 1.807) is 0 Å². The molecule has 1 aliphatic carbocycles. The van der Waals surface area contributed by atoms with E-state index in [9.17, 15) is 18.3 Å². The molecule has 4 N–H and O–H groups in total. The predicted octanol–water partition coefficient (Wildman–Crippen LogP) is 1.91. The number of aliphatic hydroxyl groups is 1. The third kappa shape index (κ3) is 6.69. The molecule has 0 bridgehead atoms. The molecule has 0 spiro atoms. The molecule has 1 aromatic rings. The Bertz CT molecular complexity index is 819. The van der Waals surface area contributed by atoms with Gasteiger partial charge in [0.05, 0.1) is 17.0 Å². The zero-order valence-corrected chi connectivity index (χ0v) is 17.8. The monoisotopic (exact) mass is 421 g/mol. The maximum atomic E-state index is 13.1. The summed E-state index contributed by atoms with van der Waals surface area (Å²) in [5, 5.41) is 13.5. The van der Waals surface area contributed by atoms with Crippen molar-refractivity contribution in [3.8, 4) is 0 Å². The largest absolute Gasteiger partial charge is 0.399 e. The van der Waals surface area contributed by atoms with E-state index < -0.39 is 22.2 Å². The van der Waals surface area contributed by atoms with Gasteiger partial charge in [0.25, 0.3) is 0 Å². The number of nitrogen functional groups attached to an aromatic ring is 1. The summed E-state index contributed by atoms with van der Waals surface area (Å²) in [6, 6.07) is 5.45. The minimum atomic E-state index is -3.81. The van der Waals surface area contributed by atoms with E-state index in [2.05, 4.69) is 5.32 Å². The van der Waals surface area contributed by atoms with Crippen molar-refractivity contribution < 1.29 is 18.3 Å². The van der Waals surface area contributed by atoms with Crippen LogP contribution in [0, 0.1) is 11.8 Å². The van der Waals surface area contributed by atoms with Gasteiger partial charge in [0.1, 0.15) is 0 Å². The Labute approximate surface area is 173 Å². The summed E-state index contributed by atoms with van der Waals surface area (Å²) >= 11 is 0. The third-order valence-corrected chi connectivity index (χ3v) is 6.70. The molecule has 160 valence electrons. The molecule has 1 aromatic carbocycles. The quantitative estimate of drug-likeness (QED) is 0.373. The second kappa shape index (κ2) is 10.6. The molecule has 1 unspecified atom stereocenters. The van der Waals surface area contributed by atoms with Crippen LogP contribution in [0.2, 0.25) is 0 Å². The molecule has 0 aromatic heterocycles. The van der Waals surface area contributed by atoms with E-state index in [1.165, 1.54) is 28.6 Å². The predicted molar refractivity (Wildman–Crippen MR) is 114 cm³/mol. The van der Waals surface area contributed by atoms with Gasteiger partial charge in [-0.1, -0.05) is 38.2 Å². The Balaban J connectivity index is 2.19. The number of carbonyl (C=O) groups excluding carboxylic acids is 1. The van der Waals surface area contributed by atoms with Gasteiger partial charge in [0.15, 0.2) is 0 Å². The molecule has 0 radical (unpaired) electrons. The molecular formula is C21H31N3O4S. The molecule has 2 rings (SSSR count). The minimum absolute atomic E-state index is 0.0645. The molecule has 0 saturated heterocycles. The summed E-state index contributed by atoms with van der Waals surface area (Å²) < 4.78 is 27.6. The summed E-state index contributed by atoms with van der Waals surface area (Å²) in [4.78, 5) is 11.2. The van der Waals surface area contributed by atoms with Gasteiger partial charge in [-0.3, -0.25) is 4.79 Å². The molecule has 1 amide bonds. The number of anilines is 1. The molecular weight excluding hydrogens is 390 g/mol. The van der Waals surface area contributed by atoms with Gasteiger partial charge in [-0.2, -0.15) is 4.31 Å². The molecule has 3 atom stereocenters. The number of carbonyl (C=O) groups is 1. The maximum Gasteiger partial charge on any atom is 0.243 e. The Kier molecular flexibility index (Phi) is 8.43. The first-order valence-corrected chi connectivity index (χ1v) is 11.2. The second-order valence-corrected chi connectivity index (χ2v) is 9.73. The molecule has 29 heavy (non-hydrogen) atoms. The van der Waals surface area contributed by atoms with Crippen molar-refractivity contribution in [1.29, 1.82) is 0 Å². The van der Waals surface area contributed by atoms with Crippen LogP contribution in [-0.2, 0) is 14.8 Å². The summed E-state index contributed by atoms with van der Waals surface area (Å²) in [5.74, 6) is 0.244. The highest BCUT2D eigenvalue weighted by atomic mass is 32.2. The molecule has 0 fully saturated rings. The van der Waals surface area contributed by atoms with E-state index in [4.69, 9.17) is 5.73 Å². The Morgan fingerprint density at radius 1 is 1.24 bits per heavy atom. The molecule has 7 nitrogen and oxygen atoms in total. The van der Waals surface area contributed by atoms with Crippen molar-refractivity contribution in [2.75, 3.05) is 18.8 Å². The fourth-order valence-electron chi connectivity index (χ4n) is 3.36. The van der Waals surface area contributed by atoms with Crippen molar-refractivity contribution in [2.24, 2.45) is 11.8 Å². The second-order valence-electron chi connectivity index (χ2n) is 7.79. The maximum absolute atomic E-state index is 13.1. The van der Waals surface area contributed by atoms with Crippen LogP contribution in [0.1, 0.15) is 26.7 Å². The number of hydrogen-bond acceptors (Lipinski definition) is 5. The number of amides is 1. The van der Waals surface area contributed by atoms with E-state index >= 15 is 0 Å². The number of nitrogens with two attached hydrogens (primary N) is 1. The lowest BCUT2D eigenvalue weighted by Crippen LogP contribution is -2.49. The van der Waals surface area contributed by atoms with Crippen LogP contribution in [0.3, 0.4) is 0 Å². The van der Waals surface area contributed by atoms with Gasteiger partial charge in [-0.25, -0.2) is 8.42 Å². The molecule has 8 heteroatoms. The smallest absolute Gasteiger partial charge is 0.243 e. The zero-order valence-electron chi connectivity index (χ0n) is 16.9. The van der Waals surface area contributed by atoms with E-state index in [0.717, 1.165) is 6.42 Å². The van der Waals surface area contributed by atoms with Gasteiger partial charge in [0, 0.05) is 18.8 Å². The van der Waals surface area contributed by atoms with E-state index in [0.29, 0.717) is 18.5 Å². The van der Waals surface area contributed by atoms with Crippen molar-refractivity contribution in [3.05, 3.63) is 48.6 Å². The van der Waals surface area contributed by atoms with Gasteiger partial charge < -0.3 is 16.2 Å². The molecule has 0 heterocycles. The van der Waals surface area contributed by atoms with Gasteiger partial charge in [-0.15, -0.1) is 0 Å². The summed E-state index contributed by atoms with van der Waals surface area (Å²) in [6.45, 7) is 3.97. The van der Waals surface area contributed by atoms with Crippen molar-refractivity contribution in [1.82, 2.24) is 9.62 Å². The SMILES string of the molecule is CC(C)CN(C[C@@H](O)[C@H](CC1C=CC=CC1)NC=O)S(=O)(=O)c1ccc(N)cc1. The highest BCUT2D eigenvalue weighted by Crippen LogP contribution is 2.22.